The van der Waals surface area contributed by atoms with E-state index < -0.39 is 6.10 Å². The first-order valence-corrected chi connectivity index (χ1v) is 8.54. The number of fused-ring (bicyclic) bond motifs is 1. The minimum absolute atomic E-state index is 0.0685. The van der Waals surface area contributed by atoms with E-state index in [1.165, 1.54) is 4.57 Å². The Balaban J connectivity index is 1.73. The van der Waals surface area contributed by atoms with Crippen LogP contribution in [-0.2, 0) is 13.6 Å². The molecule has 130 valence electrons. The Bertz CT molecular complexity index is 947. The Morgan fingerprint density at radius 3 is 2.80 bits per heavy atom. The number of anilines is 1. The second kappa shape index (κ2) is 6.33. The number of aromatic nitrogens is 4. The van der Waals surface area contributed by atoms with Gasteiger partial charge in [-0.15, -0.1) is 0 Å². The fourth-order valence-electron chi connectivity index (χ4n) is 3.38. The van der Waals surface area contributed by atoms with Crippen molar-refractivity contribution in [3.63, 3.8) is 0 Å². The molecule has 0 aliphatic heterocycles. The van der Waals surface area contributed by atoms with Crippen LogP contribution in [0, 0.1) is 0 Å². The largest absolute Gasteiger partial charge is 0.391 e. The Kier molecular flexibility index (Phi) is 4.01. The van der Waals surface area contributed by atoms with Crippen LogP contribution in [0.1, 0.15) is 24.8 Å². The van der Waals surface area contributed by atoms with Gasteiger partial charge in [0.25, 0.3) is 5.56 Å². The molecule has 1 fully saturated rings. The molecule has 25 heavy (non-hydrogen) atoms. The average Bonchev–Trinajstić information content (AvgIpc) is 3.20. The number of nitrogens with one attached hydrogen (secondary N) is 1. The van der Waals surface area contributed by atoms with Crippen LogP contribution >= 0.6 is 0 Å². The van der Waals surface area contributed by atoms with Crippen LogP contribution in [0.4, 0.5) is 5.95 Å². The van der Waals surface area contributed by atoms with Gasteiger partial charge in [0, 0.05) is 7.05 Å². The van der Waals surface area contributed by atoms with Gasteiger partial charge < -0.3 is 10.4 Å². The third-order valence-corrected chi connectivity index (χ3v) is 4.85. The lowest BCUT2D eigenvalue weighted by Gasteiger charge is -2.18. The van der Waals surface area contributed by atoms with Crippen molar-refractivity contribution in [3.8, 4) is 0 Å². The molecule has 4 rings (SSSR count). The quantitative estimate of drug-likeness (QED) is 0.752. The molecule has 1 aliphatic carbocycles. The molecule has 2 aromatic heterocycles. The van der Waals surface area contributed by atoms with Crippen LogP contribution < -0.4 is 10.9 Å². The first kappa shape index (κ1) is 15.8. The van der Waals surface area contributed by atoms with Gasteiger partial charge in [0.2, 0.25) is 5.95 Å². The minimum atomic E-state index is -0.401. The normalized spacial score (nSPS) is 20.2. The SMILES string of the molecule is Cn1c(N[C@@H]2CCC[C@H]2O)nc2c(cnn2Cc2ccccc2)c1=O. The molecule has 1 aliphatic rings. The number of benzene rings is 1. The van der Waals surface area contributed by atoms with Crippen molar-refractivity contribution in [2.45, 2.75) is 38.0 Å². The molecule has 0 unspecified atom stereocenters. The van der Waals surface area contributed by atoms with E-state index in [9.17, 15) is 9.90 Å². The summed E-state index contributed by atoms with van der Waals surface area (Å²) < 4.78 is 3.23. The van der Waals surface area contributed by atoms with Crippen molar-refractivity contribution in [2.24, 2.45) is 7.05 Å². The zero-order valence-corrected chi connectivity index (χ0v) is 14.1. The van der Waals surface area contributed by atoms with Gasteiger partial charge in [-0.2, -0.15) is 10.1 Å². The van der Waals surface area contributed by atoms with E-state index in [1.54, 1.807) is 17.9 Å². The van der Waals surface area contributed by atoms with E-state index >= 15 is 0 Å². The second-order valence-corrected chi connectivity index (χ2v) is 6.57. The molecule has 2 atom stereocenters. The first-order chi connectivity index (χ1) is 12.1. The van der Waals surface area contributed by atoms with E-state index in [0.29, 0.717) is 23.5 Å². The van der Waals surface area contributed by atoms with Crippen molar-refractivity contribution < 1.29 is 5.11 Å². The molecule has 7 heteroatoms. The summed E-state index contributed by atoms with van der Waals surface area (Å²) in [5.74, 6) is 0.471. The average molecular weight is 339 g/mol. The summed E-state index contributed by atoms with van der Waals surface area (Å²) in [6.45, 7) is 0.552. The molecule has 0 bridgehead atoms. The minimum Gasteiger partial charge on any atom is -0.391 e. The lowest BCUT2D eigenvalue weighted by molar-refractivity contribution is 0.171. The van der Waals surface area contributed by atoms with Gasteiger partial charge in [-0.1, -0.05) is 30.3 Å². The third-order valence-electron chi connectivity index (χ3n) is 4.85. The summed E-state index contributed by atoms with van der Waals surface area (Å²) in [4.78, 5) is 17.3. The molecule has 2 heterocycles. The van der Waals surface area contributed by atoms with Crippen LogP contribution in [0.3, 0.4) is 0 Å². The van der Waals surface area contributed by atoms with E-state index in [1.807, 2.05) is 30.3 Å². The summed E-state index contributed by atoms with van der Waals surface area (Å²) in [6, 6.07) is 9.88. The molecule has 1 aromatic carbocycles. The van der Waals surface area contributed by atoms with E-state index in [4.69, 9.17) is 0 Å². The maximum Gasteiger partial charge on any atom is 0.265 e. The van der Waals surface area contributed by atoms with Gasteiger partial charge >= 0.3 is 0 Å². The van der Waals surface area contributed by atoms with Crippen LogP contribution in [-0.4, -0.2) is 36.6 Å². The number of rotatable bonds is 4. The van der Waals surface area contributed by atoms with Gasteiger partial charge in [-0.25, -0.2) is 4.68 Å². The van der Waals surface area contributed by atoms with Crippen molar-refractivity contribution in [3.05, 3.63) is 52.4 Å². The molecule has 0 saturated heterocycles. The lowest BCUT2D eigenvalue weighted by Crippen LogP contribution is -2.32. The van der Waals surface area contributed by atoms with Crippen molar-refractivity contribution >= 4 is 17.0 Å². The summed E-state index contributed by atoms with van der Waals surface area (Å²) in [6.07, 6.45) is 3.79. The van der Waals surface area contributed by atoms with Crippen molar-refractivity contribution in [2.75, 3.05) is 5.32 Å². The number of aliphatic hydroxyl groups excluding tert-OH is 1. The fraction of sp³-hybridized carbons (Fsp3) is 0.389. The van der Waals surface area contributed by atoms with Crippen molar-refractivity contribution in [1.29, 1.82) is 0 Å². The number of nitrogens with zero attached hydrogens (tertiary/aromatic N) is 4. The number of aliphatic hydroxyl groups is 1. The molecule has 0 spiro atoms. The predicted molar refractivity (Wildman–Crippen MR) is 95.6 cm³/mol. The zero-order chi connectivity index (χ0) is 17.4. The van der Waals surface area contributed by atoms with E-state index in [-0.39, 0.29) is 11.6 Å². The Morgan fingerprint density at radius 2 is 2.08 bits per heavy atom. The number of hydrogen-bond acceptors (Lipinski definition) is 5. The Hall–Kier alpha value is -2.67. The molecule has 1 saturated carbocycles. The van der Waals surface area contributed by atoms with Gasteiger partial charge in [0.05, 0.1) is 24.9 Å². The van der Waals surface area contributed by atoms with Crippen molar-refractivity contribution in [1.82, 2.24) is 19.3 Å². The van der Waals surface area contributed by atoms with Gasteiger partial charge in [-0.05, 0) is 24.8 Å². The Labute approximate surface area is 144 Å². The summed E-state index contributed by atoms with van der Waals surface area (Å²) in [5, 5.41) is 18.1. The summed E-state index contributed by atoms with van der Waals surface area (Å²) in [7, 11) is 1.69. The Morgan fingerprint density at radius 1 is 1.28 bits per heavy atom. The zero-order valence-electron chi connectivity index (χ0n) is 14.1. The van der Waals surface area contributed by atoms with Gasteiger partial charge in [-0.3, -0.25) is 9.36 Å². The third kappa shape index (κ3) is 2.91. The first-order valence-electron chi connectivity index (χ1n) is 8.54. The standard InChI is InChI=1S/C18H21N5O2/c1-22-17(25)13-10-19-23(11-12-6-3-2-4-7-12)16(13)21-18(22)20-14-8-5-9-15(14)24/h2-4,6-7,10,14-15,24H,5,8-9,11H2,1H3,(H,20,21)/t14-,15-/m1/s1. The lowest BCUT2D eigenvalue weighted by atomic mass is 10.2. The predicted octanol–water partition coefficient (Wildman–Crippen LogP) is 1.50. The molecular weight excluding hydrogens is 318 g/mol. The highest BCUT2D eigenvalue weighted by Crippen LogP contribution is 2.22. The fourth-order valence-corrected chi connectivity index (χ4v) is 3.38. The highest BCUT2D eigenvalue weighted by Gasteiger charge is 2.26. The van der Waals surface area contributed by atoms with Crippen LogP contribution in [0.2, 0.25) is 0 Å². The van der Waals surface area contributed by atoms with Crippen LogP contribution in [0.25, 0.3) is 11.0 Å². The molecular formula is C18H21N5O2. The van der Waals surface area contributed by atoms with Gasteiger partial charge in [0.15, 0.2) is 5.65 Å². The summed E-state index contributed by atoms with van der Waals surface area (Å²) >= 11 is 0. The molecule has 7 nitrogen and oxygen atoms in total. The molecule has 3 aromatic rings. The highest BCUT2D eigenvalue weighted by atomic mass is 16.3. The van der Waals surface area contributed by atoms with E-state index in [2.05, 4.69) is 15.4 Å². The molecule has 2 N–H and O–H groups in total. The maximum atomic E-state index is 12.6. The molecule has 0 amide bonds. The summed E-state index contributed by atoms with van der Waals surface area (Å²) in [5.41, 5.74) is 1.51. The molecule has 0 radical (unpaired) electrons. The maximum absolute atomic E-state index is 12.6. The number of hydrogen-bond donors (Lipinski definition) is 2. The van der Waals surface area contributed by atoms with Crippen LogP contribution in [0.15, 0.2) is 41.3 Å². The van der Waals surface area contributed by atoms with E-state index in [0.717, 1.165) is 24.8 Å². The smallest absolute Gasteiger partial charge is 0.265 e. The topological polar surface area (TPSA) is 85.0 Å². The van der Waals surface area contributed by atoms with Crippen LogP contribution in [0.5, 0.6) is 0 Å². The van der Waals surface area contributed by atoms with Gasteiger partial charge in [0.1, 0.15) is 5.39 Å². The highest BCUT2D eigenvalue weighted by molar-refractivity contribution is 5.74. The second-order valence-electron chi connectivity index (χ2n) is 6.57. The monoisotopic (exact) mass is 339 g/mol.